The van der Waals surface area contributed by atoms with Gasteiger partial charge >= 0.3 is 0 Å². The van der Waals surface area contributed by atoms with Crippen LogP contribution in [0, 0.1) is 0 Å². The predicted molar refractivity (Wildman–Crippen MR) is 31.2 cm³/mol. The van der Waals surface area contributed by atoms with Crippen molar-refractivity contribution in [2.75, 3.05) is 0 Å². The first-order valence-corrected chi connectivity index (χ1v) is 2.29. The average molecular weight is 120 g/mol. The van der Waals surface area contributed by atoms with E-state index in [0.717, 1.165) is 0 Å². The summed E-state index contributed by atoms with van der Waals surface area (Å²) in [5, 5.41) is 8.03. The molecule has 0 rings (SSSR count). The minimum atomic E-state index is -0.264. The fourth-order valence-electron chi connectivity index (χ4n) is 0.102. The molecule has 0 aliphatic heterocycles. The van der Waals surface area contributed by atoms with E-state index in [2.05, 4.69) is 12.2 Å². The average Bonchev–Trinajstić information content (AvgIpc) is 1.65. The number of rotatable bonds is 1. The maximum absolute atomic E-state index is 8.03. The van der Waals surface area contributed by atoms with Gasteiger partial charge in [0.2, 0.25) is 0 Å². The maximum atomic E-state index is 8.03. The van der Waals surface area contributed by atoms with Crippen molar-refractivity contribution in [3.63, 3.8) is 0 Å². The molecule has 4 heteroatoms. The lowest BCUT2D eigenvalue weighted by atomic mass is 10.4. The zero-order chi connectivity index (χ0) is 5.86. The van der Waals surface area contributed by atoms with Crippen molar-refractivity contribution >= 4 is 17.2 Å². The molecule has 0 fully saturated rings. The Kier molecular flexibility index (Phi) is 2.82. The van der Waals surface area contributed by atoms with Crippen molar-refractivity contribution in [3.8, 4) is 0 Å². The summed E-state index contributed by atoms with van der Waals surface area (Å²) in [7, 11) is 0. The molecule has 42 valence electrons. The number of hydrogen-bond donors (Lipinski definition) is 3. The van der Waals surface area contributed by atoms with Gasteiger partial charge in [-0.15, -0.1) is 0 Å². The topological polar surface area (TPSA) is 58.3 Å². The largest absolute Gasteiger partial charge is 0.322 e. The molecule has 0 aromatic carbocycles. The van der Waals surface area contributed by atoms with Gasteiger partial charge in [-0.05, 0) is 6.92 Å². The molecule has 0 amide bonds. The second kappa shape index (κ2) is 2.90. The van der Waals surface area contributed by atoms with E-state index < -0.39 is 0 Å². The summed E-state index contributed by atoms with van der Waals surface area (Å²) in [6, 6.07) is -0.264. The monoisotopic (exact) mass is 120 g/mol. The lowest BCUT2D eigenvalue weighted by Crippen LogP contribution is -2.34. The lowest BCUT2D eigenvalue weighted by Gasteiger charge is -2.02. The van der Waals surface area contributed by atoms with Crippen LogP contribution in [0.3, 0.4) is 0 Å². The van der Waals surface area contributed by atoms with Gasteiger partial charge in [0, 0.05) is 0 Å². The van der Waals surface area contributed by atoms with Crippen molar-refractivity contribution in [2.45, 2.75) is 13.0 Å². The fraction of sp³-hybridized carbons (Fsp3) is 0.667. The molecule has 0 radical (unpaired) electrons. The molecule has 0 aromatic heterocycles. The molecule has 0 unspecified atom stereocenters. The zero-order valence-corrected chi connectivity index (χ0v) is 4.83. The maximum Gasteiger partial charge on any atom is 0.117 e. The van der Waals surface area contributed by atoms with Crippen molar-refractivity contribution in [1.29, 1.82) is 0 Å². The van der Waals surface area contributed by atoms with Crippen molar-refractivity contribution in [1.82, 2.24) is 5.48 Å². The molecule has 0 aliphatic carbocycles. The summed E-state index contributed by atoms with van der Waals surface area (Å²) < 4.78 is 0. The number of thiocarbonyl (C=S) groups is 1. The highest BCUT2D eigenvalue weighted by molar-refractivity contribution is 7.80. The summed E-state index contributed by atoms with van der Waals surface area (Å²) >= 11 is 4.49. The molecule has 1 atom stereocenters. The van der Waals surface area contributed by atoms with Gasteiger partial charge < -0.3 is 5.73 Å². The summed E-state index contributed by atoms with van der Waals surface area (Å²) in [6.45, 7) is 1.69. The molecule has 0 heterocycles. The van der Waals surface area contributed by atoms with Crippen LogP contribution in [0.2, 0.25) is 0 Å². The standard InChI is InChI=1S/C3H8N2OS/c1-2(4)3(7)5-6/h2,6H,4H2,1H3,(H,5,7)/t2-/m1/s1. The summed E-state index contributed by atoms with van der Waals surface area (Å²) in [5.74, 6) is 0. The molecule has 0 saturated carbocycles. The first kappa shape index (κ1) is 6.81. The zero-order valence-electron chi connectivity index (χ0n) is 4.01. The third kappa shape index (κ3) is 2.50. The van der Waals surface area contributed by atoms with Crippen molar-refractivity contribution in [2.24, 2.45) is 5.73 Å². The van der Waals surface area contributed by atoms with Gasteiger partial charge in [-0.2, -0.15) is 0 Å². The molecule has 0 aliphatic rings. The van der Waals surface area contributed by atoms with Crippen molar-refractivity contribution in [3.05, 3.63) is 0 Å². The first-order valence-electron chi connectivity index (χ1n) is 1.88. The van der Waals surface area contributed by atoms with Gasteiger partial charge in [-0.1, -0.05) is 12.2 Å². The Morgan fingerprint density at radius 2 is 2.43 bits per heavy atom. The molecule has 0 aromatic rings. The van der Waals surface area contributed by atoms with E-state index in [1.807, 2.05) is 0 Å². The normalized spacial score (nSPS) is 13.0. The van der Waals surface area contributed by atoms with Crippen LogP contribution in [-0.4, -0.2) is 16.2 Å². The van der Waals surface area contributed by atoms with E-state index in [-0.39, 0.29) is 11.0 Å². The SMILES string of the molecule is C[C@@H](N)C(=S)NO. The Labute approximate surface area is 47.5 Å². The van der Waals surface area contributed by atoms with E-state index in [0.29, 0.717) is 0 Å². The van der Waals surface area contributed by atoms with E-state index in [1.165, 1.54) is 0 Å². The third-order valence-corrected chi connectivity index (χ3v) is 0.987. The van der Waals surface area contributed by atoms with Gasteiger partial charge in [-0.25, -0.2) is 0 Å². The summed E-state index contributed by atoms with van der Waals surface area (Å²) in [6.07, 6.45) is 0. The molecule has 0 saturated heterocycles. The molecule has 0 bridgehead atoms. The van der Waals surface area contributed by atoms with Gasteiger partial charge in [-0.3, -0.25) is 10.7 Å². The van der Waals surface area contributed by atoms with Gasteiger partial charge in [0.25, 0.3) is 0 Å². The fourth-order valence-corrected chi connectivity index (χ4v) is 0.102. The Morgan fingerprint density at radius 1 is 2.00 bits per heavy atom. The van der Waals surface area contributed by atoms with Crippen LogP contribution in [0.15, 0.2) is 0 Å². The van der Waals surface area contributed by atoms with Crippen LogP contribution in [0.5, 0.6) is 0 Å². The number of nitrogens with one attached hydrogen (secondary N) is 1. The Balaban J connectivity index is 3.35. The van der Waals surface area contributed by atoms with Crippen LogP contribution in [0.4, 0.5) is 0 Å². The Morgan fingerprint density at radius 3 is 2.43 bits per heavy atom. The van der Waals surface area contributed by atoms with Gasteiger partial charge in [0.1, 0.15) is 4.99 Å². The Bertz CT molecular complexity index is 73.3. The minimum absolute atomic E-state index is 0.264. The van der Waals surface area contributed by atoms with E-state index in [1.54, 1.807) is 12.4 Å². The Hall–Kier alpha value is -0.190. The van der Waals surface area contributed by atoms with E-state index in [9.17, 15) is 0 Å². The predicted octanol–water partition coefficient (Wildman–Crippen LogP) is -0.360. The van der Waals surface area contributed by atoms with Gasteiger partial charge in [0.15, 0.2) is 0 Å². The highest BCUT2D eigenvalue weighted by Gasteiger charge is 1.96. The molecule has 7 heavy (non-hydrogen) atoms. The number of nitrogens with two attached hydrogens (primary N) is 1. The van der Waals surface area contributed by atoms with Crippen LogP contribution < -0.4 is 11.2 Å². The van der Waals surface area contributed by atoms with Crippen molar-refractivity contribution < 1.29 is 5.21 Å². The smallest absolute Gasteiger partial charge is 0.117 e. The van der Waals surface area contributed by atoms with E-state index >= 15 is 0 Å². The van der Waals surface area contributed by atoms with Crippen LogP contribution in [0.1, 0.15) is 6.92 Å². The lowest BCUT2D eigenvalue weighted by molar-refractivity contribution is 0.234. The van der Waals surface area contributed by atoms with Crippen LogP contribution in [-0.2, 0) is 0 Å². The number of hydrogen-bond acceptors (Lipinski definition) is 3. The molecule has 4 N–H and O–H groups in total. The summed E-state index contributed by atoms with van der Waals surface area (Å²) in [4.78, 5) is 0.264. The molecular formula is C3H8N2OS. The second-order valence-electron chi connectivity index (χ2n) is 1.26. The molecule has 3 nitrogen and oxygen atoms in total. The third-order valence-electron chi connectivity index (χ3n) is 0.524. The first-order chi connectivity index (χ1) is 3.18. The number of hydroxylamine groups is 1. The highest BCUT2D eigenvalue weighted by Crippen LogP contribution is 1.74. The second-order valence-corrected chi connectivity index (χ2v) is 1.70. The van der Waals surface area contributed by atoms with Gasteiger partial charge in [0.05, 0.1) is 6.04 Å². The molecule has 0 spiro atoms. The summed E-state index contributed by atoms with van der Waals surface area (Å²) in [5.41, 5.74) is 6.95. The quantitative estimate of drug-likeness (QED) is 0.327. The minimum Gasteiger partial charge on any atom is -0.322 e. The highest BCUT2D eigenvalue weighted by atomic mass is 32.1. The molecular weight excluding hydrogens is 112 g/mol. The van der Waals surface area contributed by atoms with E-state index in [4.69, 9.17) is 10.9 Å². The van der Waals surface area contributed by atoms with Crippen LogP contribution in [0.25, 0.3) is 0 Å². The van der Waals surface area contributed by atoms with Crippen LogP contribution >= 0.6 is 12.2 Å².